The summed E-state index contributed by atoms with van der Waals surface area (Å²) in [6.07, 6.45) is 6.56. The SMILES string of the molecule is CCCNCCCCCOc1ccc(C)nc1. The molecule has 1 heterocycles. The van der Waals surface area contributed by atoms with Crippen molar-refractivity contribution in [1.82, 2.24) is 10.3 Å². The van der Waals surface area contributed by atoms with E-state index in [1.165, 1.54) is 19.3 Å². The normalized spacial score (nSPS) is 10.5. The highest BCUT2D eigenvalue weighted by Gasteiger charge is 1.94. The van der Waals surface area contributed by atoms with Crippen molar-refractivity contribution in [3.63, 3.8) is 0 Å². The Hall–Kier alpha value is -1.09. The second-order valence-electron chi connectivity index (χ2n) is 4.29. The van der Waals surface area contributed by atoms with Crippen molar-refractivity contribution in [3.05, 3.63) is 24.0 Å². The zero-order valence-electron chi connectivity index (χ0n) is 11.0. The van der Waals surface area contributed by atoms with Crippen LogP contribution in [-0.4, -0.2) is 24.7 Å². The number of nitrogens with one attached hydrogen (secondary N) is 1. The molecule has 0 bridgehead atoms. The molecule has 0 aliphatic heterocycles. The monoisotopic (exact) mass is 236 g/mol. The Bertz CT molecular complexity index is 285. The molecule has 17 heavy (non-hydrogen) atoms. The number of rotatable bonds is 9. The molecule has 0 spiro atoms. The van der Waals surface area contributed by atoms with Crippen LogP contribution in [-0.2, 0) is 0 Å². The van der Waals surface area contributed by atoms with Gasteiger partial charge >= 0.3 is 0 Å². The van der Waals surface area contributed by atoms with Crippen molar-refractivity contribution in [2.24, 2.45) is 0 Å². The van der Waals surface area contributed by atoms with Crippen LogP contribution >= 0.6 is 0 Å². The molecule has 0 atom stereocenters. The van der Waals surface area contributed by atoms with Gasteiger partial charge in [-0.1, -0.05) is 6.92 Å². The van der Waals surface area contributed by atoms with E-state index in [0.717, 1.165) is 37.6 Å². The lowest BCUT2D eigenvalue weighted by molar-refractivity contribution is 0.303. The number of nitrogens with zero attached hydrogens (tertiary/aromatic N) is 1. The van der Waals surface area contributed by atoms with Gasteiger partial charge in [-0.2, -0.15) is 0 Å². The molecule has 1 rings (SSSR count). The van der Waals surface area contributed by atoms with Crippen LogP contribution in [0.15, 0.2) is 18.3 Å². The maximum atomic E-state index is 5.61. The first-order chi connectivity index (χ1) is 8.33. The molecule has 0 aliphatic rings. The second-order valence-corrected chi connectivity index (χ2v) is 4.29. The van der Waals surface area contributed by atoms with E-state index in [1.54, 1.807) is 6.20 Å². The third kappa shape index (κ3) is 6.95. The molecular weight excluding hydrogens is 212 g/mol. The van der Waals surface area contributed by atoms with E-state index in [9.17, 15) is 0 Å². The minimum absolute atomic E-state index is 0.790. The summed E-state index contributed by atoms with van der Waals surface area (Å²) in [5.41, 5.74) is 1.03. The molecule has 0 radical (unpaired) electrons. The third-order valence-corrected chi connectivity index (χ3v) is 2.58. The fourth-order valence-corrected chi connectivity index (χ4v) is 1.56. The van der Waals surface area contributed by atoms with Crippen LogP contribution in [0.5, 0.6) is 5.75 Å². The lowest BCUT2D eigenvalue weighted by atomic mass is 10.2. The summed E-state index contributed by atoms with van der Waals surface area (Å²) in [5.74, 6) is 0.875. The molecule has 0 aromatic carbocycles. The summed E-state index contributed by atoms with van der Waals surface area (Å²) in [7, 11) is 0. The van der Waals surface area contributed by atoms with Gasteiger partial charge in [-0.25, -0.2) is 0 Å². The quantitative estimate of drug-likeness (QED) is 0.669. The molecule has 0 amide bonds. The van der Waals surface area contributed by atoms with Gasteiger partial charge in [0.2, 0.25) is 0 Å². The number of ether oxygens (including phenoxy) is 1. The van der Waals surface area contributed by atoms with Crippen molar-refractivity contribution in [2.75, 3.05) is 19.7 Å². The highest BCUT2D eigenvalue weighted by atomic mass is 16.5. The Kier molecular flexibility index (Phi) is 7.39. The Labute approximate surface area is 105 Å². The summed E-state index contributed by atoms with van der Waals surface area (Å²) in [4.78, 5) is 4.19. The maximum absolute atomic E-state index is 5.61. The Morgan fingerprint density at radius 2 is 2.06 bits per heavy atom. The van der Waals surface area contributed by atoms with Crippen LogP contribution in [0.25, 0.3) is 0 Å². The van der Waals surface area contributed by atoms with E-state index in [1.807, 2.05) is 19.1 Å². The molecule has 0 aliphatic carbocycles. The fourth-order valence-electron chi connectivity index (χ4n) is 1.56. The van der Waals surface area contributed by atoms with Crippen LogP contribution in [0, 0.1) is 6.92 Å². The average molecular weight is 236 g/mol. The molecule has 1 aromatic rings. The van der Waals surface area contributed by atoms with E-state index in [-0.39, 0.29) is 0 Å². The van der Waals surface area contributed by atoms with E-state index < -0.39 is 0 Å². The van der Waals surface area contributed by atoms with Gasteiger partial charge in [0.15, 0.2) is 0 Å². The summed E-state index contributed by atoms with van der Waals surface area (Å²) in [6.45, 7) is 7.22. The molecule has 0 saturated carbocycles. The molecule has 3 heteroatoms. The van der Waals surface area contributed by atoms with Crippen LogP contribution < -0.4 is 10.1 Å². The standard InChI is InChI=1S/C14H24N2O/c1-3-9-15-10-5-4-6-11-17-14-8-7-13(2)16-12-14/h7-8,12,15H,3-6,9-11H2,1-2H3. The van der Waals surface area contributed by atoms with E-state index >= 15 is 0 Å². The highest BCUT2D eigenvalue weighted by Crippen LogP contribution is 2.09. The summed E-state index contributed by atoms with van der Waals surface area (Å²) in [6, 6.07) is 3.95. The first-order valence-electron chi connectivity index (χ1n) is 6.59. The first-order valence-corrected chi connectivity index (χ1v) is 6.59. The van der Waals surface area contributed by atoms with Gasteiger partial charge in [-0.3, -0.25) is 4.98 Å². The number of aromatic nitrogens is 1. The number of hydrogen-bond acceptors (Lipinski definition) is 3. The van der Waals surface area contributed by atoms with Crippen molar-refractivity contribution < 1.29 is 4.74 Å². The summed E-state index contributed by atoms with van der Waals surface area (Å²) in [5, 5.41) is 3.40. The van der Waals surface area contributed by atoms with Gasteiger partial charge in [0.1, 0.15) is 5.75 Å². The van der Waals surface area contributed by atoms with E-state index in [0.29, 0.717) is 0 Å². The lowest BCUT2D eigenvalue weighted by Gasteiger charge is -2.06. The van der Waals surface area contributed by atoms with Crippen LogP contribution in [0.3, 0.4) is 0 Å². The van der Waals surface area contributed by atoms with Gasteiger partial charge in [-0.05, 0) is 57.8 Å². The largest absolute Gasteiger partial charge is 0.492 e. The molecule has 3 nitrogen and oxygen atoms in total. The third-order valence-electron chi connectivity index (χ3n) is 2.58. The zero-order valence-corrected chi connectivity index (χ0v) is 11.0. The van der Waals surface area contributed by atoms with E-state index in [2.05, 4.69) is 17.2 Å². The van der Waals surface area contributed by atoms with Crippen molar-refractivity contribution in [2.45, 2.75) is 39.5 Å². The molecule has 0 unspecified atom stereocenters. The van der Waals surface area contributed by atoms with Crippen LogP contribution in [0.4, 0.5) is 0 Å². The van der Waals surface area contributed by atoms with Crippen LogP contribution in [0.1, 0.15) is 38.3 Å². The summed E-state index contributed by atoms with van der Waals surface area (Å²) >= 11 is 0. The van der Waals surface area contributed by atoms with Gasteiger partial charge < -0.3 is 10.1 Å². The van der Waals surface area contributed by atoms with Gasteiger partial charge in [0.25, 0.3) is 0 Å². The minimum atomic E-state index is 0.790. The van der Waals surface area contributed by atoms with Gasteiger partial charge in [-0.15, -0.1) is 0 Å². The average Bonchev–Trinajstić information content (AvgIpc) is 2.35. The lowest BCUT2D eigenvalue weighted by Crippen LogP contribution is -2.15. The molecule has 0 fully saturated rings. The van der Waals surface area contributed by atoms with Gasteiger partial charge in [0, 0.05) is 5.69 Å². The number of hydrogen-bond donors (Lipinski definition) is 1. The first kappa shape index (κ1) is 14.0. The molecular formula is C14H24N2O. The topological polar surface area (TPSA) is 34.1 Å². The molecule has 1 N–H and O–H groups in total. The Morgan fingerprint density at radius 1 is 1.18 bits per heavy atom. The predicted molar refractivity (Wildman–Crippen MR) is 71.5 cm³/mol. The van der Waals surface area contributed by atoms with Crippen LogP contribution in [0.2, 0.25) is 0 Å². The minimum Gasteiger partial charge on any atom is -0.492 e. The second kappa shape index (κ2) is 8.99. The zero-order chi connectivity index (χ0) is 12.3. The highest BCUT2D eigenvalue weighted by molar-refractivity contribution is 5.18. The van der Waals surface area contributed by atoms with Crippen molar-refractivity contribution in [1.29, 1.82) is 0 Å². The molecule has 96 valence electrons. The van der Waals surface area contributed by atoms with Crippen molar-refractivity contribution >= 4 is 0 Å². The molecule has 0 saturated heterocycles. The maximum Gasteiger partial charge on any atom is 0.137 e. The summed E-state index contributed by atoms with van der Waals surface area (Å²) < 4.78 is 5.61. The Balaban J connectivity index is 1.95. The Morgan fingerprint density at radius 3 is 2.76 bits per heavy atom. The number of pyridine rings is 1. The predicted octanol–water partition coefficient (Wildman–Crippen LogP) is 2.94. The molecule has 1 aromatic heterocycles. The number of unbranched alkanes of at least 4 members (excludes halogenated alkanes) is 2. The smallest absolute Gasteiger partial charge is 0.137 e. The number of aryl methyl sites for hydroxylation is 1. The van der Waals surface area contributed by atoms with Gasteiger partial charge in [0.05, 0.1) is 12.8 Å². The fraction of sp³-hybridized carbons (Fsp3) is 0.643. The van der Waals surface area contributed by atoms with Crippen molar-refractivity contribution in [3.8, 4) is 5.75 Å². The van der Waals surface area contributed by atoms with E-state index in [4.69, 9.17) is 4.74 Å².